The lowest BCUT2D eigenvalue weighted by Gasteiger charge is -2.35. The summed E-state index contributed by atoms with van der Waals surface area (Å²) < 4.78 is 4.76. The Bertz CT molecular complexity index is 406. The zero-order valence-corrected chi connectivity index (χ0v) is 13.3. The molecule has 6 nitrogen and oxygen atoms in total. The average Bonchev–Trinajstić information content (AvgIpc) is 2.81. The van der Waals surface area contributed by atoms with E-state index in [-0.39, 0.29) is 22.4 Å². The van der Waals surface area contributed by atoms with E-state index in [0.717, 1.165) is 6.42 Å². The molecular weight excluding hydrogens is 278 g/mol. The van der Waals surface area contributed by atoms with Crippen LogP contribution in [0.25, 0.3) is 0 Å². The molecule has 1 amide bonds. The molecule has 0 bridgehead atoms. The average molecular weight is 301 g/mol. The van der Waals surface area contributed by atoms with E-state index in [2.05, 4.69) is 5.32 Å². The molecular formula is C13H23N3O3S. The van der Waals surface area contributed by atoms with Gasteiger partial charge >= 0.3 is 5.97 Å². The molecule has 1 fully saturated rings. The van der Waals surface area contributed by atoms with Crippen LogP contribution >= 0.6 is 12.2 Å². The maximum atomic E-state index is 12.7. The first-order valence-electron chi connectivity index (χ1n) is 6.62. The van der Waals surface area contributed by atoms with Crippen molar-refractivity contribution in [2.45, 2.75) is 45.7 Å². The largest absolute Gasteiger partial charge is 0.467 e. The van der Waals surface area contributed by atoms with Crippen LogP contribution in [-0.2, 0) is 14.3 Å². The second kappa shape index (κ2) is 6.39. The van der Waals surface area contributed by atoms with Gasteiger partial charge in [0, 0.05) is 6.54 Å². The number of carbonyl (C=O) groups excluding carboxylic acids is 2. The number of hydrogen-bond acceptors (Lipinski definition) is 4. The van der Waals surface area contributed by atoms with E-state index in [0.29, 0.717) is 13.0 Å². The van der Waals surface area contributed by atoms with Crippen molar-refractivity contribution in [2.75, 3.05) is 13.7 Å². The second-order valence-corrected chi connectivity index (χ2v) is 6.46. The van der Waals surface area contributed by atoms with Crippen molar-refractivity contribution in [1.82, 2.24) is 10.2 Å². The molecule has 0 aromatic heterocycles. The van der Waals surface area contributed by atoms with E-state index < -0.39 is 12.1 Å². The van der Waals surface area contributed by atoms with Gasteiger partial charge in [0.15, 0.2) is 5.11 Å². The van der Waals surface area contributed by atoms with E-state index in [1.807, 2.05) is 20.8 Å². The summed E-state index contributed by atoms with van der Waals surface area (Å²) >= 11 is 4.84. The number of amides is 1. The predicted octanol–water partition coefficient (Wildman–Crippen LogP) is 0.398. The standard InChI is InChI=1S/C13H23N3O3S/c1-13(2,3)9(15-12(14)20)10(17)16-7-5-6-8(16)11(18)19-4/h8-9H,5-7H2,1-4H3,(H3,14,15,20)/t8?,9-/m1/s1. The fraction of sp³-hybridized carbons (Fsp3) is 0.769. The monoisotopic (exact) mass is 301 g/mol. The van der Waals surface area contributed by atoms with Gasteiger partial charge in [0.25, 0.3) is 0 Å². The van der Waals surface area contributed by atoms with Gasteiger partial charge in [0.1, 0.15) is 12.1 Å². The van der Waals surface area contributed by atoms with E-state index in [4.69, 9.17) is 22.7 Å². The molecule has 1 saturated heterocycles. The molecule has 7 heteroatoms. The van der Waals surface area contributed by atoms with Gasteiger partial charge in [-0.25, -0.2) is 4.79 Å². The summed E-state index contributed by atoms with van der Waals surface area (Å²) in [7, 11) is 1.33. The Kier molecular flexibility index (Phi) is 5.33. The van der Waals surface area contributed by atoms with Crippen LogP contribution in [0.2, 0.25) is 0 Å². The lowest BCUT2D eigenvalue weighted by Crippen LogP contribution is -2.57. The quantitative estimate of drug-likeness (QED) is 0.580. The number of rotatable bonds is 3. The molecule has 1 heterocycles. The Morgan fingerprint density at radius 3 is 2.50 bits per heavy atom. The summed E-state index contributed by atoms with van der Waals surface area (Å²) in [6, 6.07) is -1.07. The summed E-state index contributed by atoms with van der Waals surface area (Å²) in [6.45, 7) is 6.31. The molecule has 0 spiro atoms. The molecule has 3 N–H and O–H groups in total. The van der Waals surface area contributed by atoms with Crippen LogP contribution in [0.15, 0.2) is 0 Å². The minimum atomic E-state index is -0.565. The second-order valence-electron chi connectivity index (χ2n) is 6.02. The minimum absolute atomic E-state index is 0.0760. The van der Waals surface area contributed by atoms with Crippen molar-refractivity contribution in [3.05, 3.63) is 0 Å². The zero-order chi connectivity index (χ0) is 15.5. The number of thiocarbonyl (C=S) groups is 1. The first-order valence-corrected chi connectivity index (χ1v) is 7.03. The third-order valence-electron chi connectivity index (χ3n) is 3.41. The SMILES string of the molecule is COC(=O)C1CCCN1C(=O)[C@@H](NC(N)=S)C(C)(C)C. The molecule has 1 rings (SSSR count). The highest BCUT2D eigenvalue weighted by molar-refractivity contribution is 7.80. The Hall–Kier alpha value is -1.37. The van der Waals surface area contributed by atoms with Crippen LogP contribution in [0.3, 0.4) is 0 Å². The first kappa shape index (κ1) is 16.7. The number of hydrogen-bond donors (Lipinski definition) is 2. The number of esters is 1. The number of ether oxygens (including phenoxy) is 1. The normalized spacial score (nSPS) is 20.4. The molecule has 114 valence electrons. The van der Waals surface area contributed by atoms with Crippen molar-refractivity contribution in [3.63, 3.8) is 0 Å². The van der Waals surface area contributed by atoms with Gasteiger partial charge in [0.2, 0.25) is 5.91 Å². The molecule has 1 aliphatic rings. The fourth-order valence-corrected chi connectivity index (χ4v) is 2.49. The smallest absolute Gasteiger partial charge is 0.328 e. The zero-order valence-electron chi connectivity index (χ0n) is 12.4. The highest BCUT2D eigenvalue weighted by Gasteiger charge is 2.41. The number of nitrogens with one attached hydrogen (secondary N) is 1. The van der Waals surface area contributed by atoms with Gasteiger partial charge < -0.3 is 20.7 Å². The van der Waals surface area contributed by atoms with Gasteiger partial charge in [-0.3, -0.25) is 4.79 Å². The summed E-state index contributed by atoms with van der Waals surface area (Å²) in [5.41, 5.74) is 5.13. The highest BCUT2D eigenvalue weighted by atomic mass is 32.1. The topological polar surface area (TPSA) is 84.7 Å². The number of carbonyl (C=O) groups is 2. The molecule has 1 aliphatic heterocycles. The van der Waals surface area contributed by atoms with Gasteiger partial charge in [-0.05, 0) is 30.5 Å². The van der Waals surface area contributed by atoms with Crippen LogP contribution in [-0.4, -0.2) is 47.6 Å². The number of nitrogens with two attached hydrogens (primary N) is 1. The number of methoxy groups -OCH3 is 1. The molecule has 0 saturated carbocycles. The van der Waals surface area contributed by atoms with Crippen LogP contribution in [0.1, 0.15) is 33.6 Å². The maximum Gasteiger partial charge on any atom is 0.328 e. The third kappa shape index (κ3) is 3.82. The number of nitrogens with zero attached hydrogens (tertiary/aromatic N) is 1. The molecule has 0 aliphatic carbocycles. The molecule has 0 radical (unpaired) electrons. The van der Waals surface area contributed by atoms with Gasteiger partial charge in [-0.2, -0.15) is 0 Å². The number of likely N-dealkylation sites (tertiary alicyclic amines) is 1. The van der Waals surface area contributed by atoms with Gasteiger partial charge in [-0.15, -0.1) is 0 Å². The minimum Gasteiger partial charge on any atom is -0.467 e. The third-order valence-corrected chi connectivity index (χ3v) is 3.53. The van der Waals surface area contributed by atoms with Crippen LogP contribution in [0, 0.1) is 5.41 Å². The van der Waals surface area contributed by atoms with Crippen LogP contribution in [0.4, 0.5) is 0 Å². The highest BCUT2D eigenvalue weighted by Crippen LogP contribution is 2.26. The van der Waals surface area contributed by atoms with Crippen LogP contribution in [0.5, 0.6) is 0 Å². The first-order chi connectivity index (χ1) is 9.18. The fourth-order valence-electron chi connectivity index (χ4n) is 2.37. The summed E-state index contributed by atoms with van der Waals surface area (Å²) in [5, 5.41) is 2.92. The Labute approximate surface area is 125 Å². The lowest BCUT2D eigenvalue weighted by atomic mass is 9.85. The van der Waals surface area contributed by atoms with E-state index >= 15 is 0 Å². The Morgan fingerprint density at radius 2 is 2.05 bits per heavy atom. The van der Waals surface area contributed by atoms with Crippen LogP contribution < -0.4 is 11.1 Å². The molecule has 0 aromatic carbocycles. The molecule has 0 aromatic rings. The van der Waals surface area contributed by atoms with E-state index in [1.54, 1.807) is 4.90 Å². The Balaban J connectivity index is 2.94. The van der Waals surface area contributed by atoms with E-state index in [1.165, 1.54) is 7.11 Å². The predicted molar refractivity (Wildman–Crippen MR) is 79.9 cm³/mol. The van der Waals surface area contributed by atoms with Crippen molar-refractivity contribution in [2.24, 2.45) is 11.1 Å². The van der Waals surface area contributed by atoms with E-state index in [9.17, 15) is 9.59 Å². The summed E-state index contributed by atoms with van der Waals surface area (Å²) in [6.07, 6.45) is 1.41. The van der Waals surface area contributed by atoms with Gasteiger partial charge in [-0.1, -0.05) is 20.8 Å². The van der Waals surface area contributed by atoms with Gasteiger partial charge in [0.05, 0.1) is 7.11 Å². The van der Waals surface area contributed by atoms with Crippen molar-refractivity contribution in [3.8, 4) is 0 Å². The Morgan fingerprint density at radius 1 is 1.45 bits per heavy atom. The molecule has 2 atom stereocenters. The maximum absolute atomic E-state index is 12.7. The van der Waals surface area contributed by atoms with Crippen molar-refractivity contribution in [1.29, 1.82) is 0 Å². The van der Waals surface area contributed by atoms with Crippen molar-refractivity contribution >= 4 is 29.2 Å². The molecule has 1 unspecified atom stereocenters. The summed E-state index contributed by atoms with van der Waals surface area (Å²) in [5.74, 6) is -0.544. The lowest BCUT2D eigenvalue weighted by molar-refractivity contribution is -0.152. The summed E-state index contributed by atoms with van der Waals surface area (Å²) in [4.78, 5) is 26.0. The van der Waals surface area contributed by atoms with Crippen molar-refractivity contribution < 1.29 is 14.3 Å². The molecule has 20 heavy (non-hydrogen) atoms.